The Hall–Kier alpha value is -1.66. The zero-order valence-corrected chi connectivity index (χ0v) is 22.1. The summed E-state index contributed by atoms with van der Waals surface area (Å²) in [5.74, 6) is 0. The molecule has 0 saturated heterocycles. The van der Waals surface area contributed by atoms with E-state index in [0.717, 1.165) is 6.42 Å². The van der Waals surface area contributed by atoms with Crippen LogP contribution in [0.5, 0.6) is 0 Å². The van der Waals surface area contributed by atoms with Crippen LogP contribution in [0.2, 0.25) is 0 Å². The van der Waals surface area contributed by atoms with Crippen molar-refractivity contribution >= 4 is 3.21 Å². The van der Waals surface area contributed by atoms with Crippen molar-refractivity contribution in [3.8, 4) is 11.1 Å². The van der Waals surface area contributed by atoms with Gasteiger partial charge in [0.05, 0.1) is 0 Å². The topological polar surface area (TPSA) is 0 Å². The molecule has 4 aromatic carbocycles. The van der Waals surface area contributed by atoms with Gasteiger partial charge >= 0.3 is 70.3 Å². The van der Waals surface area contributed by atoms with Crippen LogP contribution >= 0.6 is 0 Å². The first kappa shape index (κ1) is 27.4. The molecule has 0 unspecified atom stereocenters. The van der Waals surface area contributed by atoms with Crippen molar-refractivity contribution in [2.24, 2.45) is 0 Å². The number of rotatable bonds is 1. The van der Waals surface area contributed by atoms with E-state index in [0.29, 0.717) is 0 Å². The predicted octanol–water partition coefficient (Wildman–Crippen LogP) is 0.862. The van der Waals surface area contributed by atoms with Crippen LogP contribution in [0.15, 0.2) is 91.0 Å². The molecule has 0 aromatic heterocycles. The van der Waals surface area contributed by atoms with E-state index in [1.54, 1.807) is 0 Å². The molecule has 0 radical (unpaired) electrons. The third kappa shape index (κ3) is 7.76. The summed E-state index contributed by atoms with van der Waals surface area (Å²) < 4.78 is 1.46. The molecule has 3 heteroatoms. The third-order valence-electron chi connectivity index (χ3n) is 5.14. The quantitative estimate of drug-likeness (QED) is 0.286. The Morgan fingerprint density at radius 1 is 0.806 bits per heavy atom. The monoisotopic (exact) mass is 522 g/mol. The molecule has 4 aromatic rings. The summed E-state index contributed by atoms with van der Waals surface area (Å²) in [7, 11) is 0. The van der Waals surface area contributed by atoms with Crippen molar-refractivity contribution in [2.45, 2.75) is 27.2 Å². The van der Waals surface area contributed by atoms with Crippen LogP contribution in [0.1, 0.15) is 34.7 Å². The molecule has 0 nitrogen and oxygen atoms in total. The largest absolute Gasteiger partial charge is 1.00 e. The van der Waals surface area contributed by atoms with E-state index in [4.69, 9.17) is 0 Å². The number of benzene rings is 3. The standard InChI is InChI=1S/C13H9.C8H8.C7H9.2ClH.Zr/c1-3-7-12-10(5-1)9-11-6-2-4-8-13(11)12;1-2-8-6-4-3-5-7-8;1-6-4-3-5-7(6)2;;;/h1-5,7-8H,9H2;3-7H,1H3;3-5H,1-2H3;2*1H;/q-1;;-1;;;+2/p-2. The fourth-order valence-electron chi connectivity index (χ4n) is 3.29. The molecule has 1 aliphatic carbocycles. The average Bonchev–Trinajstić information content (AvgIpc) is 3.32. The molecule has 5 rings (SSSR count). The van der Waals surface area contributed by atoms with Crippen molar-refractivity contribution in [3.05, 3.63) is 125 Å². The molecule has 0 heterocycles. The Kier molecular flexibility index (Phi) is 12.1. The van der Waals surface area contributed by atoms with E-state index in [1.165, 1.54) is 66.4 Å². The first-order valence-electron chi connectivity index (χ1n) is 9.93. The number of halogens is 2. The van der Waals surface area contributed by atoms with Crippen LogP contribution in [0, 0.1) is 19.9 Å². The number of hydrogen-bond donors (Lipinski definition) is 0. The van der Waals surface area contributed by atoms with E-state index in [1.807, 2.05) is 12.1 Å². The van der Waals surface area contributed by atoms with Crippen molar-refractivity contribution in [3.63, 3.8) is 0 Å². The molecule has 0 aliphatic heterocycles. The fourth-order valence-corrected chi connectivity index (χ4v) is 3.70. The summed E-state index contributed by atoms with van der Waals surface area (Å²) in [6, 6.07) is 34.9. The van der Waals surface area contributed by atoms with Gasteiger partial charge in [-0.05, 0) is 6.42 Å². The van der Waals surface area contributed by atoms with E-state index in [2.05, 4.69) is 106 Å². The van der Waals surface area contributed by atoms with Gasteiger partial charge < -0.3 is 24.8 Å². The second-order valence-corrected chi connectivity index (χ2v) is 9.12. The van der Waals surface area contributed by atoms with Gasteiger partial charge in [0.25, 0.3) is 0 Å². The fraction of sp³-hybridized carbons (Fsp3) is 0.143. The first-order valence-corrected chi connectivity index (χ1v) is 11.2. The van der Waals surface area contributed by atoms with Crippen molar-refractivity contribution < 1.29 is 49.0 Å². The Morgan fingerprint density at radius 3 is 1.94 bits per heavy atom. The third-order valence-corrected chi connectivity index (χ3v) is 5.85. The van der Waals surface area contributed by atoms with Crippen LogP contribution < -0.4 is 24.8 Å². The van der Waals surface area contributed by atoms with Crippen molar-refractivity contribution in [1.29, 1.82) is 0 Å². The molecule has 1 aliphatic rings. The van der Waals surface area contributed by atoms with E-state index in [-0.39, 0.29) is 24.8 Å². The number of fused-ring (bicyclic) bond motifs is 3. The maximum absolute atomic E-state index is 3.30. The molecule has 158 valence electrons. The van der Waals surface area contributed by atoms with Gasteiger partial charge in [-0.1, -0.05) is 49.2 Å². The van der Waals surface area contributed by atoms with E-state index >= 15 is 0 Å². The molecule has 0 fully saturated rings. The Balaban J connectivity index is 0.000000238. The summed E-state index contributed by atoms with van der Waals surface area (Å²) in [4.78, 5) is 0. The minimum Gasteiger partial charge on any atom is -1.00 e. The SMILES string of the molecule is C[C](=[Zr+2])c1ccccc1.Cc1c[cH-]cc1C.[Cl-].[Cl-].[c-]1cccc2c1Cc1ccccc1-2. The van der Waals surface area contributed by atoms with Gasteiger partial charge in [-0.3, -0.25) is 0 Å². The zero-order chi connectivity index (χ0) is 20.6. The Bertz CT molecular complexity index is 1020. The van der Waals surface area contributed by atoms with E-state index < -0.39 is 0 Å². The zero-order valence-electron chi connectivity index (χ0n) is 18.1. The second kappa shape index (κ2) is 13.7. The minimum absolute atomic E-state index is 0. The van der Waals surface area contributed by atoms with Gasteiger partial charge in [-0.25, -0.2) is 0 Å². The van der Waals surface area contributed by atoms with Crippen LogP contribution in [0.3, 0.4) is 0 Å². The van der Waals surface area contributed by atoms with E-state index in [9.17, 15) is 0 Å². The maximum atomic E-state index is 3.30. The van der Waals surface area contributed by atoms with Crippen molar-refractivity contribution in [1.82, 2.24) is 0 Å². The molecule has 0 spiro atoms. The summed E-state index contributed by atoms with van der Waals surface area (Å²) >= 11 is 1.51. The van der Waals surface area contributed by atoms with Crippen LogP contribution in [-0.4, -0.2) is 3.21 Å². The molecule has 0 saturated carbocycles. The molecule has 0 amide bonds. The molecular formula is C28H26Cl2Zr-2. The summed E-state index contributed by atoms with van der Waals surface area (Å²) in [6.07, 6.45) is 1.05. The number of aryl methyl sites for hydroxylation is 2. The minimum atomic E-state index is 0. The normalized spacial score (nSPS) is 9.97. The summed E-state index contributed by atoms with van der Waals surface area (Å²) in [6.45, 7) is 6.40. The van der Waals surface area contributed by atoms with Gasteiger partial charge in [0.15, 0.2) is 0 Å². The Labute approximate surface area is 214 Å². The predicted molar refractivity (Wildman–Crippen MR) is 121 cm³/mol. The number of hydrogen-bond acceptors (Lipinski definition) is 0. The molecular weight excluding hydrogens is 498 g/mol. The van der Waals surface area contributed by atoms with Gasteiger partial charge in [0.2, 0.25) is 0 Å². The van der Waals surface area contributed by atoms with Crippen LogP contribution in [0.4, 0.5) is 0 Å². The van der Waals surface area contributed by atoms with Crippen LogP contribution in [-0.2, 0) is 30.7 Å². The van der Waals surface area contributed by atoms with Gasteiger partial charge in [-0.2, -0.15) is 59.2 Å². The van der Waals surface area contributed by atoms with Crippen molar-refractivity contribution in [2.75, 3.05) is 0 Å². The summed E-state index contributed by atoms with van der Waals surface area (Å²) in [5.41, 5.74) is 9.66. The first-order chi connectivity index (χ1) is 14.1. The Morgan fingerprint density at radius 2 is 1.39 bits per heavy atom. The van der Waals surface area contributed by atoms with Gasteiger partial charge in [-0.15, -0.1) is 5.56 Å². The second-order valence-electron chi connectivity index (χ2n) is 7.28. The maximum Gasteiger partial charge on any atom is -0.0253 e. The van der Waals surface area contributed by atoms with Gasteiger partial charge in [0.1, 0.15) is 0 Å². The smallest absolute Gasteiger partial charge is 0.0253 e. The molecule has 0 N–H and O–H groups in total. The molecule has 0 bridgehead atoms. The van der Waals surface area contributed by atoms with Gasteiger partial charge in [0, 0.05) is 0 Å². The molecule has 0 atom stereocenters. The average molecular weight is 525 g/mol. The molecule has 31 heavy (non-hydrogen) atoms. The van der Waals surface area contributed by atoms with Crippen LogP contribution in [0.25, 0.3) is 11.1 Å². The summed E-state index contributed by atoms with van der Waals surface area (Å²) in [5, 5.41) is 0.